The molecule has 3 aliphatic heterocycles. The van der Waals surface area contributed by atoms with E-state index in [1.807, 2.05) is 30.5 Å². The molecule has 1 aromatic heterocycles. The van der Waals surface area contributed by atoms with E-state index in [0.717, 1.165) is 52.8 Å². The van der Waals surface area contributed by atoms with E-state index in [4.69, 9.17) is 4.74 Å². The fourth-order valence-corrected chi connectivity index (χ4v) is 6.07. The average molecular weight is 416 g/mol. The highest BCUT2D eigenvalue weighted by Crippen LogP contribution is 2.48. The second-order valence-corrected chi connectivity index (χ2v) is 9.25. The van der Waals surface area contributed by atoms with Crippen LogP contribution in [0.5, 0.6) is 5.75 Å². The largest absolute Gasteiger partial charge is 0.497 e. The van der Waals surface area contributed by atoms with Gasteiger partial charge in [-0.15, -0.1) is 6.58 Å². The molecule has 1 N–H and O–H groups in total. The van der Waals surface area contributed by atoms with Gasteiger partial charge in [0.2, 0.25) is 0 Å². The van der Waals surface area contributed by atoms with E-state index in [1.54, 1.807) is 7.11 Å². The lowest BCUT2D eigenvalue weighted by Gasteiger charge is -2.58. The Labute approximate surface area is 184 Å². The number of aliphatic hydroxyl groups is 1. The maximum absolute atomic E-state index is 11.8. The van der Waals surface area contributed by atoms with Gasteiger partial charge < -0.3 is 14.3 Å². The second kappa shape index (κ2) is 8.10. The van der Waals surface area contributed by atoms with Crippen molar-refractivity contribution in [2.24, 2.45) is 11.8 Å². The third kappa shape index (κ3) is 3.54. The van der Waals surface area contributed by atoms with Crippen molar-refractivity contribution in [2.45, 2.75) is 31.5 Å². The molecule has 2 bridgehead atoms. The maximum atomic E-state index is 11.8. The van der Waals surface area contributed by atoms with E-state index in [1.165, 1.54) is 12.0 Å². The van der Waals surface area contributed by atoms with Crippen LogP contribution >= 0.6 is 0 Å². The molecule has 0 radical (unpaired) electrons. The Bertz CT molecular complexity index is 1080. The summed E-state index contributed by atoms with van der Waals surface area (Å²) in [4.78, 5) is 4.52. The first-order valence-corrected chi connectivity index (χ1v) is 11.3. The van der Waals surface area contributed by atoms with Crippen molar-refractivity contribution in [3.05, 3.63) is 84.6 Å². The molecule has 5 atom stereocenters. The molecule has 3 aromatic rings. The van der Waals surface area contributed by atoms with Crippen molar-refractivity contribution in [3.63, 3.8) is 0 Å². The minimum absolute atomic E-state index is 0.159. The minimum atomic E-state index is -0.546. The summed E-state index contributed by atoms with van der Waals surface area (Å²) in [7, 11) is 1.68. The Morgan fingerprint density at radius 3 is 2.84 bits per heavy atom. The number of benzene rings is 2. The lowest BCUT2D eigenvalue weighted by Crippen LogP contribution is -2.67. The molecule has 6 rings (SSSR count). The van der Waals surface area contributed by atoms with Crippen LogP contribution in [0.1, 0.15) is 30.1 Å². The number of quaternary nitrogens is 1. The smallest absolute Gasteiger partial charge is 0.131 e. The molecule has 31 heavy (non-hydrogen) atoms. The number of methoxy groups -OCH3 is 1. The first kappa shape index (κ1) is 20.2. The van der Waals surface area contributed by atoms with Crippen molar-refractivity contribution in [1.29, 1.82) is 0 Å². The number of ether oxygens (including phenoxy) is 1. The molecule has 2 aromatic carbocycles. The second-order valence-electron chi connectivity index (χ2n) is 9.25. The van der Waals surface area contributed by atoms with Gasteiger partial charge in [-0.3, -0.25) is 4.98 Å². The molecule has 0 spiro atoms. The van der Waals surface area contributed by atoms with Crippen molar-refractivity contribution in [3.8, 4) is 5.75 Å². The van der Waals surface area contributed by atoms with Gasteiger partial charge in [0, 0.05) is 35.9 Å². The Balaban J connectivity index is 1.56. The molecule has 3 aliphatic rings. The van der Waals surface area contributed by atoms with Crippen LogP contribution in [0, 0.1) is 11.8 Å². The molecule has 0 saturated carbocycles. The Morgan fingerprint density at radius 2 is 2.06 bits per heavy atom. The highest BCUT2D eigenvalue weighted by Gasteiger charge is 2.53. The molecule has 3 saturated heterocycles. The van der Waals surface area contributed by atoms with Crippen LogP contribution in [0.25, 0.3) is 10.9 Å². The summed E-state index contributed by atoms with van der Waals surface area (Å²) < 4.78 is 6.38. The van der Waals surface area contributed by atoms with E-state index in [0.29, 0.717) is 11.8 Å². The zero-order valence-corrected chi connectivity index (χ0v) is 18.2. The molecule has 4 nitrogen and oxygen atoms in total. The predicted molar refractivity (Wildman–Crippen MR) is 124 cm³/mol. The first-order chi connectivity index (χ1) is 15.1. The zero-order valence-electron chi connectivity index (χ0n) is 18.2. The lowest BCUT2D eigenvalue weighted by molar-refractivity contribution is -0.984. The molecule has 4 heterocycles. The maximum Gasteiger partial charge on any atom is 0.131 e. The van der Waals surface area contributed by atoms with Gasteiger partial charge >= 0.3 is 0 Å². The number of hydrogen-bond acceptors (Lipinski definition) is 3. The van der Waals surface area contributed by atoms with Gasteiger partial charge in [0.25, 0.3) is 0 Å². The Morgan fingerprint density at radius 1 is 1.23 bits per heavy atom. The van der Waals surface area contributed by atoms with Crippen LogP contribution in [-0.2, 0) is 6.54 Å². The van der Waals surface area contributed by atoms with Crippen LogP contribution in [0.15, 0.2) is 73.4 Å². The van der Waals surface area contributed by atoms with Crippen molar-refractivity contribution >= 4 is 10.9 Å². The van der Waals surface area contributed by atoms with E-state index in [2.05, 4.69) is 48.0 Å². The number of aromatic nitrogens is 1. The summed E-state index contributed by atoms with van der Waals surface area (Å²) in [6, 6.07) is 18.8. The van der Waals surface area contributed by atoms with Gasteiger partial charge in [-0.2, -0.15) is 0 Å². The summed E-state index contributed by atoms with van der Waals surface area (Å²) in [5, 5.41) is 12.8. The number of aliphatic hydroxyl groups excluding tert-OH is 1. The number of piperidine rings is 3. The monoisotopic (exact) mass is 415 g/mol. The minimum Gasteiger partial charge on any atom is -0.497 e. The normalized spacial score (nSPS) is 28.4. The molecule has 0 aliphatic carbocycles. The van der Waals surface area contributed by atoms with Crippen molar-refractivity contribution in [2.75, 3.05) is 20.2 Å². The van der Waals surface area contributed by atoms with Crippen molar-refractivity contribution < 1.29 is 14.3 Å². The number of nitrogens with zero attached hydrogens (tertiary/aromatic N) is 2. The fourth-order valence-electron chi connectivity index (χ4n) is 6.07. The van der Waals surface area contributed by atoms with Crippen molar-refractivity contribution in [1.82, 2.24) is 4.98 Å². The first-order valence-electron chi connectivity index (χ1n) is 11.3. The number of hydrogen-bond donors (Lipinski definition) is 1. The van der Waals surface area contributed by atoms with Crippen LogP contribution in [-0.4, -0.2) is 40.8 Å². The van der Waals surface area contributed by atoms with Gasteiger partial charge in [-0.1, -0.05) is 36.4 Å². The van der Waals surface area contributed by atoms with Crippen LogP contribution in [0.4, 0.5) is 0 Å². The van der Waals surface area contributed by atoms with E-state index >= 15 is 0 Å². The Kier molecular flexibility index (Phi) is 5.28. The van der Waals surface area contributed by atoms with Crippen LogP contribution in [0.2, 0.25) is 0 Å². The molecule has 2 unspecified atom stereocenters. The van der Waals surface area contributed by atoms with Gasteiger partial charge in [0.15, 0.2) is 0 Å². The summed E-state index contributed by atoms with van der Waals surface area (Å²) in [6.45, 7) is 7.25. The topological polar surface area (TPSA) is 42.4 Å². The molecular formula is C27H31N2O2+. The molecule has 4 heteroatoms. The van der Waals surface area contributed by atoms with Gasteiger partial charge in [0.1, 0.15) is 24.4 Å². The summed E-state index contributed by atoms with van der Waals surface area (Å²) in [5.41, 5.74) is 3.19. The third-order valence-electron chi connectivity index (χ3n) is 7.68. The quantitative estimate of drug-likeness (QED) is 0.460. The predicted octanol–water partition coefficient (Wildman–Crippen LogP) is 4.89. The molecule has 3 fully saturated rings. The van der Waals surface area contributed by atoms with E-state index in [-0.39, 0.29) is 6.04 Å². The summed E-state index contributed by atoms with van der Waals surface area (Å²) in [6.07, 6.45) is 5.65. The molecule has 0 amide bonds. The van der Waals surface area contributed by atoms with Gasteiger partial charge in [0.05, 0.1) is 25.7 Å². The lowest BCUT2D eigenvalue weighted by atomic mass is 9.71. The summed E-state index contributed by atoms with van der Waals surface area (Å²) >= 11 is 0. The van der Waals surface area contributed by atoms with Gasteiger partial charge in [-0.25, -0.2) is 0 Å². The fraction of sp³-hybridized carbons (Fsp3) is 0.370. The average Bonchev–Trinajstić information content (AvgIpc) is 2.83. The summed E-state index contributed by atoms with van der Waals surface area (Å²) in [5.74, 6) is 1.92. The standard InChI is InChI=1S/C27H31N2O2/c1-3-20-18-29(17-19-7-5-4-6-8-19)14-12-21(20)15-26(29)27(30)23-11-13-28-25-10-9-22(31-2)16-24(23)25/h3-11,13,16,20-21,26-27,30H,1,12,14-15,17-18H2,2H3/q+1/t20?,21-,26-,27+,29?/m0/s1. The third-order valence-corrected chi connectivity index (χ3v) is 7.68. The molecular weight excluding hydrogens is 384 g/mol. The number of rotatable bonds is 6. The van der Waals surface area contributed by atoms with Crippen LogP contribution in [0.3, 0.4) is 0 Å². The van der Waals surface area contributed by atoms with E-state index < -0.39 is 6.10 Å². The van der Waals surface area contributed by atoms with Gasteiger partial charge in [-0.05, 0) is 35.7 Å². The zero-order chi connectivity index (χ0) is 21.4. The highest BCUT2D eigenvalue weighted by molar-refractivity contribution is 5.83. The highest BCUT2D eigenvalue weighted by atomic mass is 16.5. The van der Waals surface area contributed by atoms with Crippen LogP contribution < -0.4 is 4.74 Å². The van der Waals surface area contributed by atoms with E-state index in [9.17, 15) is 5.11 Å². The SMILES string of the molecule is C=CC1C[N+]2(Cc3ccccc3)CC[C@H]1C[C@H]2[C@H](O)c1ccnc2ccc(OC)cc12. The molecule has 160 valence electrons. The number of fused-ring (bicyclic) bond motifs is 4. The number of pyridine rings is 1. The Hall–Kier alpha value is -2.69.